The molecule has 0 unspecified atom stereocenters. The lowest BCUT2D eigenvalue weighted by Crippen LogP contribution is -2.60. The molecule has 8 heteroatoms. The molecule has 0 aromatic heterocycles. The van der Waals surface area contributed by atoms with Gasteiger partial charge < -0.3 is 16.4 Å². The van der Waals surface area contributed by atoms with Gasteiger partial charge in [-0.15, -0.1) is 0 Å². The van der Waals surface area contributed by atoms with Crippen LogP contribution in [-0.4, -0.2) is 29.3 Å². The Labute approximate surface area is 108 Å². The van der Waals surface area contributed by atoms with Crippen LogP contribution in [0.4, 0.5) is 18.0 Å². The van der Waals surface area contributed by atoms with E-state index in [0.29, 0.717) is 12.8 Å². The van der Waals surface area contributed by atoms with E-state index in [2.05, 4.69) is 5.32 Å². The summed E-state index contributed by atoms with van der Waals surface area (Å²) in [5.74, 6) is 0. The predicted molar refractivity (Wildman–Crippen MR) is 65.2 cm³/mol. The highest BCUT2D eigenvalue weighted by Gasteiger charge is 2.37. The Kier molecular flexibility index (Phi) is 4.78. The van der Waals surface area contributed by atoms with Gasteiger partial charge in [0.25, 0.3) is 0 Å². The highest BCUT2D eigenvalue weighted by Crippen LogP contribution is 2.28. The smallest absolute Gasteiger partial charge is 0.391 e. The van der Waals surface area contributed by atoms with E-state index in [-0.39, 0.29) is 4.99 Å². The molecule has 1 saturated carbocycles. The molecule has 0 heterocycles. The van der Waals surface area contributed by atoms with Crippen molar-refractivity contribution in [1.29, 1.82) is 0 Å². The first kappa shape index (κ1) is 15.0. The molecule has 1 rings (SSSR count). The topological polar surface area (TPSA) is 67.1 Å². The van der Waals surface area contributed by atoms with E-state index in [4.69, 9.17) is 18.0 Å². The Morgan fingerprint density at radius 2 is 1.83 bits per heavy atom. The van der Waals surface area contributed by atoms with E-state index in [1.807, 2.05) is 0 Å². The first-order valence-corrected chi connectivity index (χ1v) is 6.09. The van der Waals surface area contributed by atoms with E-state index >= 15 is 0 Å². The first-order valence-electron chi connectivity index (χ1n) is 5.68. The van der Waals surface area contributed by atoms with E-state index in [1.165, 1.54) is 0 Å². The van der Waals surface area contributed by atoms with Crippen molar-refractivity contribution in [2.24, 2.45) is 5.73 Å². The Morgan fingerprint density at radius 3 is 2.28 bits per heavy atom. The van der Waals surface area contributed by atoms with Crippen molar-refractivity contribution in [1.82, 2.24) is 10.6 Å². The summed E-state index contributed by atoms with van der Waals surface area (Å²) in [7, 11) is 0. The maximum Gasteiger partial charge on any atom is 0.405 e. The molecular formula is C10H16F3N3OS. The highest BCUT2D eigenvalue weighted by atomic mass is 32.1. The number of carbonyl (C=O) groups excluding carboxylic acids is 1. The van der Waals surface area contributed by atoms with E-state index in [9.17, 15) is 18.0 Å². The number of amides is 2. The zero-order valence-corrected chi connectivity index (χ0v) is 10.6. The van der Waals surface area contributed by atoms with Gasteiger partial charge in [0.05, 0.1) is 10.5 Å². The molecular weight excluding hydrogens is 267 g/mol. The van der Waals surface area contributed by atoms with Crippen LogP contribution in [0.5, 0.6) is 0 Å². The molecule has 104 valence electrons. The van der Waals surface area contributed by atoms with Gasteiger partial charge in [0.15, 0.2) is 0 Å². The van der Waals surface area contributed by atoms with Crippen molar-refractivity contribution < 1.29 is 18.0 Å². The fourth-order valence-electron chi connectivity index (χ4n) is 2.03. The maximum atomic E-state index is 12.0. The molecule has 1 aliphatic carbocycles. The molecule has 1 fully saturated rings. The fourth-order valence-corrected chi connectivity index (χ4v) is 2.29. The molecule has 0 saturated heterocycles. The minimum Gasteiger partial charge on any atom is -0.391 e. The summed E-state index contributed by atoms with van der Waals surface area (Å²) in [6, 6.07) is -0.887. The van der Waals surface area contributed by atoms with Crippen molar-refractivity contribution in [3.05, 3.63) is 0 Å². The monoisotopic (exact) mass is 283 g/mol. The number of thiocarbonyl (C=S) groups is 1. The molecule has 4 nitrogen and oxygen atoms in total. The van der Waals surface area contributed by atoms with E-state index < -0.39 is 24.3 Å². The molecule has 0 aromatic carbocycles. The Morgan fingerprint density at radius 1 is 1.28 bits per heavy atom. The number of nitrogens with one attached hydrogen (secondary N) is 2. The molecule has 0 radical (unpaired) electrons. The molecule has 18 heavy (non-hydrogen) atoms. The van der Waals surface area contributed by atoms with Crippen LogP contribution in [0.2, 0.25) is 0 Å². The van der Waals surface area contributed by atoms with Gasteiger partial charge in [0.2, 0.25) is 0 Å². The lowest BCUT2D eigenvalue weighted by Gasteiger charge is -2.37. The summed E-state index contributed by atoms with van der Waals surface area (Å²) in [5, 5.41) is 4.25. The summed E-state index contributed by atoms with van der Waals surface area (Å²) in [5.41, 5.74) is 4.76. The predicted octanol–water partition coefficient (Wildman–Crippen LogP) is 1.84. The fraction of sp³-hybridized carbons (Fsp3) is 0.800. The minimum absolute atomic E-state index is 0.129. The summed E-state index contributed by atoms with van der Waals surface area (Å²) in [6.07, 6.45) is -0.589. The van der Waals surface area contributed by atoms with Crippen molar-refractivity contribution in [3.63, 3.8) is 0 Å². The molecule has 0 bridgehead atoms. The number of hydrogen-bond donors (Lipinski definition) is 3. The van der Waals surface area contributed by atoms with Gasteiger partial charge >= 0.3 is 12.2 Å². The molecule has 2 amide bonds. The summed E-state index contributed by atoms with van der Waals surface area (Å²) in [6.45, 7) is -1.37. The lowest BCUT2D eigenvalue weighted by atomic mass is 9.81. The van der Waals surface area contributed by atoms with Crippen molar-refractivity contribution >= 4 is 23.2 Å². The molecule has 0 aliphatic heterocycles. The van der Waals surface area contributed by atoms with Crippen LogP contribution in [0.1, 0.15) is 32.1 Å². The summed E-state index contributed by atoms with van der Waals surface area (Å²) >= 11 is 4.92. The lowest BCUT2D eigenvalue weighted by molar-refractivity contribution is -0.122. The van der Waals surface area contributed by atoms with Gasteiger partial charge in [-0.2, -0.15) is 13.2 Å². The summed E-state index contributed by atoms with van der Waals surface area (Å²) < 4.78 is 35.9. The van der Waals surface area contributed by atoms with Gasteiger partial charge in [-0.25, -0.2) is 4.79 Å². The zero-order chi connectivity index (χ0) is 13.8. The third-order valence-electron chi connectivity index (χ3n) is 2.98. The van der Waals surface area contributed by atoms with Crippen LogP contribution in [0.25, 0.3) is 0 Å². The summed E-state index contributed by atoms with van der Waals surface area (Å²) in [4.78, 5) is 11.6. The van der Waals surface area contributed by atoms with Crippen LogP contribution in [0.15, 0.2) is 0 Å². The molecule has 0 spiro atoms. The number of rotatable bonds is 3. The second kappa shape index (κ2) is 5.73. The number of alkyl halides is 3. The number of carbonyl (C=O) groups is 1. The average molecular weight is 283 g/mol. The molecule has 0 atom stereocenters. The molecule has 1 aliphatic rings. The number of urea groups is 1. The first-order chi connectivity index (χ1) is 8.25. The van der Waals surface area contributed by atoms with E-state index in [1.54, 1.807) is 5.32 Å². The highest BCUT2D eigenvalue weighted by molar-refractivity contribution is 7.80. The maximum absolute atomic E-state index is 12.0. The molecule has 4 N–H and O–H groups in total. The number of nitrogens with two attached hydrogens (primary N) is 1. The van der Waals surface area contributed by atoms with Crippen LogP contribution in [0.3, 0.4) is 0 Å². The van der Waals surface area contributed by atoms with Crippen LogP contribution in [0, 0.1) is 0 Å². The third kappa shape index (κ3) is 4.32. The van der Waals surface area contributed by atoms with Gasteiger partial charge in [-0.3, -0.25) is 0 Å². The van der Waals surface area contributed by atoms with E-state index in [0.717, 1.165) is 19.3 Å². The second-order valence-electron chi connectivity index (χ2n) is 4.43. The van der Waals surface area contributed by atoms with Crippen molar-refractivity contribution in [2.75, 3.05) is 6.54 Å². The third-order valence-corrected chi connectivity index (χ3v) is 3.37. The van der Waals surface area contributed by atoms with Crippen LogP contribution < -0.4 is 16.4 Å². The van der Waals surface area contributed by atoms with Crippen LogP contribution in [-0.2, 0) is 0 Å². The SMILES string of the molecule is NC(=S)C1(NC(=O)NCC(F)(F)F)CCCCC1. The van der Waals surface area contributed by atoms with Crippen molar-refractivity contribution in [3.8, 4) is 0 Å². The Balaban J connectivity index is 2.56. The normalized spacial score (nSPS) is 19.1. The quantitative estimate of drug-likeness (QED) is 0.692. The minimum atomic E-state index is -4.43. The largest absolute Gasteiger partial charge is 0.405 e. The van der Waals surface area contributed by atoms with Gasteiger partial charge in [-0.05, 0) is 12.8 Å². The molecule has 0 aromatic rings. The van der Waals surface area contributed by atoms with Gasteiger partial charge in [0, 0.05) is 0 Å². The second-order valence-corrected chi connectivity index (χ2v) is 4.87. The van der Waals surface area contributed by atoms with Gasteiger partial charge in [-0.1, -0.05) is 31.5 Å². The Bertz CT molecular complexity index is 327. The number of halogens is 3. The van der Waals surface area contributed by atoms with Crippen molar-refractivity contribution in [2.45, 2.75) is 43.8 Å². The van der Waals surface area contributed by atoms with Gasteiger partial charge in [0.1, 0.15) is 6.54 Å². The standard InChI is InChI=1S/C10H16F3N3OS/c11-10(12,13)6-15-8(17)16-9(7(14)18)4-2-1-3-5-9/h1-6H2,(H2,14,18)(H2,15,16,17). The van der Waals surface area contributed by atoms with Crippen LogP contribution >= 0.6 is 12.2 Å². The Hall–Kier alpha value is -1.05. The number of hydrogen-bond acceptors (Lipinski definition) is 2. The average Bonchev–Trinajstić information content (AvgIpc) is 2.26. The zero-order valence-electron chi connectivity index (χ0n) is 9.77.